The van der Waals surface area contributed by atoms with Crippen molar-refractivity contribution in [1.82, 2.24) is 0 Å². The zero-order valence-electron chi connectivity index (χ0n) is 13.6. The molecular formula is C17H22N2O3S. The van der Waals surface area contributed by atoms with Crippen molar-refractivity contribution in [3.8, 4) is 6.07 Å². The van der Waals surface area contributed by atoms with Gasteiger partial charge in [0.1, 0.15) is 11.1 Å². The smallest absolute Gasteiger partial charge is 0.303 e. The van der Waals surface area contributed by atoms with Crippen molar-refractivity contribution in [2.24, 2.45) is 5.41 Å². The van der Waals surface area contributed by atoms with E-state index in [1.165, 1.54) is 22.6 Å². The van der Waals surface area contributed by atoms with Crippen molar-refractivity contribution in [1.29, 1.82) is 5.26 Å². The fraction of sp³-hybridized carbons (Fsp3) is 0.588. The monoisotopic (exact) mass is 334 g/mol. The molecule has 1 aromatic rings. The van der Waals surface area contributed by atoms with Gasteiger partial charge in [-0.2, -0.15) is 5.26 Å². The van der Waals surface area contributed by atoms with Crippen LogP contribution >= 0.6 is 11.3 Å². The Kier molecular flexibility index (Phi) is 5.42. The zero-order chi connectivity index (χ0) is 17.0. The summed E-state index contributed by atoms with van der Waals surface area (Å²) in [7, 11) is 0. The summed E-state index contributed by atoms with van der Waals surface area (Å²) in [6.45, 7) is 3.52. The lowest BCUT2D eigenvalue weighted by Crippen LogP contribution is -2.24. The molecule has 0 unspecified atom stereocenters. The largest absolute Gasteiger partial charge is 0.481 e. The maximum absolute atomic E-state index is 12.3. The number of fused-ring (bicyclic) bond motifs is 1. The molecule has 1 amide bonds. The Balaban J connectivity index is 2.13. The first-order valence-electron chi connectivity index (χ1n) is 7.89. The van der Waals surface area contributed by atoms with Crippen molar-refractivity contribution < 1.29 is 14.7 Å². The number of nitrogens with zero attached hydrogens (tertiary/aromatic N) is 1. The van der Waals surface area contributed by atoms with Crippen molar-refractivity contribution in [3.05, 3.63) is 16.0 Å². The van der Waals surface area contributed by atoms with Gasteiger partial charge in [0.05, 0.1) is 12.0 Å². The average Bonchev–Trinajstić information content (AvgIpc) is 2.58. The number of nitrogens with one attached hydrogen (secondary N) is 1. The van der Waals surface area contributed by atoms with E-state index >= 15 is 0 Å². The molecule has 0 bridgehead atoms. The molecule has 0 aromatic carbocycles. The first-order chi connectivity index (χ1) is 10.8. The number of aliphatic carboxylic acids is 1. The van der Waals surface area contributed by atoms with E-state index in [4.69, 9.17) is 5.11 Å². The number of carbonyl (C=O) groups excluding carboxylic acids is 1. The van der Waals surface area contributed by atoms with Gasteiger partial charge < -0.3 is 10.4 Å². The topological polar surface area (TPSA) is 90.2 Å². The second kappa shape index (κ2) is 7.14. The third kappa shape index (κ3) is 4.55. The van der Waals surface area contributed by atoms with E-state index in [1.54, 1.807) is 13.8 Å². The van der Waals surface area contributed by atoms with Crippen LogP contribution in [0.5, 0.6) is 0 Å². The minimum atomic E-state index is -0.914. The van der Waals surface area contributed by atoms with Crippen LogP contribution in [-0.2, 0) is 22.4 Å². The van der Waals surface area contributed by atoms with Gasteiger partial charge in [-0.3, -0.25) is 9.59 Å². The quantitative estimate of drug-likeness (QED) is 0.803. The van der Waals surface area contributed by atoms with E-state index in [9.17, 15) is 14.9 Å². The van der Waals surface area contributed by atoms with Gasteiger partial charge in [0, 0.05) is 11.3 Å². The molecule has 2 rings (SSSR count). The van der Waals surface area contributed by atoms with Crippen LogP contribution < -0.4 is 5.32 Å². The van der Waals surface area contributed by atoms with Crippen LogP contribution in [-0.4, -0.2) is 17.0 Å². The number of carbonyl (C=O) groups is 2. The van der Waals surface area contributed by atoms with E-state index in [0.29, 0.717) is 10.6 Å². The molecule has 0 atom stereocenters. The molecule has 5 nitrogen and oxygen atoms in total. The van der Waals surface area contributed by atoms with Crippen molar-refractivity contribution in [2.45, 2.75) is 58.8 Å². The molecule has 1 aromatic heterocycles. The van der Waals surface area contributed by atoms with Gasteiger partial charge in [-0.1, -0.05) is 20.3 Å². The summed E-state index contributed by atoms with van der Waals surface area (Å²) in [5, 5.41) is 21.8. The molecule has 0 aliphatic heterocycles. The maximum Gasteiger partial charge on any atom is 0.303 e. The molecular weight excluding hydrogens is 312 g/mol. The lowest BCUT2D eigenvalue weighted by molar-refractivity contribution is -0.139. The number of rotatable bonds is 5. The van der Waals surface area contributed by atoms with Crippen molar-refractivity contribution >= 4 is 28.2 Å². The number of carboxylic acid groups (broad SMARTS) is 1. The third-order valence-electron chi connectivity index (χ3n) is 4.05. The van der Waals surface area contributed by atoms with Gasteiger partial charge in [-0.05, 0) is 36.7 Å². The molecule has 0 saturated carbocycles. The van der Waals surface area contributed by atoms with Gasteiger partial charge in [0.25, 0.3) is 0 Å². The number of carboxylic acids is 1. The minimum absolute atomic E-state index is 0.0630. The van der Waals surface area contributed by atoms with Crippen LogP contribution in [0, 0.1) is 16.7 Å². The second-order valence-corrected chi connectivity index (χ2v) is 7.95. The predicted octanol–water partition coefficient (Wildman–Crippen LogP) is 3.72. The van der Waals surface area contributed by atoms with E-state index < -0.39 is 11.4 Å². The molecule has 1 aliphatic carbocycles. The van der Waals surface area contributed by atoms with E-state index in [0.717, 1.165) is 31.2 Å². The van der Waals surface area contributed by atoms with Crippen LogP contribution in [0.4, 0.5) is 5.00 Å². The van der Waals surface area contributed by atoms with E-state index in [2.05, 4.69) is 11.4 Å². The highest BCUT2D eigenvalue weighted by Crippen LogP contribution is 2.37. The summed E-state index contributed by atoms with van der Waals surface area (Å²) in [5.41, 5.74) is 1.07. The highest BCUT2D eigenvalue weighted by molar-refractivity contribution is 7.16. The van der Waals surface area contributed by atoms with Gasteiger partial charge in [0.15, 0.2) is 0 Å². The van der Waals surface area contributed by atoms with Crippen LogP contribution in [0.3, 0.4) is 0 Å². The molecule has 0 radical (unpaired) electrons. The number of amides is 1. The molecule has 1 heterocycles. The van der Waals surface area contributed by atoms with Crippen molar-refractivity contribution in [2.75, 3.05) is 5.32 Å². The number of hydrogen-bond donors (Lipinski definition) is 2. The predicted molar refractivity (Wildman–Crippen MR) is 89.6 cm³/mol. The summed E-state index contributed by atoms with van der Waals surface area (Å²) in [6.07, 6.45) is 5.30. The number of aryl methyl sites for hydroxylation is 1. The lowest BCUT2D eigenvalue weighted by Gasteiger charge is -2.21. The Morgan fingerprint density at radius 3 is 2.61 bits per heavy atom. The van der Waals surface area contributed by atoms with E-state index in [1.807, 2.05) is 0 Å². The summed E-state index contributed by atoms with van der Waals surface area (Å²) in [4.78, 5) is 24.3. The van der Waals surface area contributed by atoms with Gasteiger partial charge in [-0.25, -0.2) is 0 Å². The number of anilines is 1. The molecule has 2 N–H and O–H groups in total. The molecule has 1 aliphatic rings. The Labute approximate surface area is 140 Å². The summed E-state index contributed by atoms with van der Waals surface area (Å²) >= 11 is 1.50. The highest BCUT2D eigenvalue weighted by Gasteiger charge is 2.27. The Morgan fingerprint density at radius 1 is 1.26 bits per heavy atom. The molecule has 0 spiro atoms. The summed E-state index contributed by atoms with van der Waals surface area (Å²) < 4.78 is 0. The molecule has 0 fully saturated rings. The highest BCUT2D eigenvalue weighted by atomic mass is 32.1. The number of thiophene rings is 1. The van der Waals surface area contributed by atoms with E-state index in [-0.39, 0.29) is 18.7 Å². The van der Waals surface area contributed by atoms with Gasteiger partial charge >= 0.3 is 5.97 Å². The Morgan fingerprint density at radius 2 is 1.96 bits per heavy atom. The Bertz CT molecular complexity index is 656. The van der Waals surface area contributed by atoms with Crippen molar-refractivity contribution in [3.63, 3.8) is 0 Å². The van der Waals surface area contributed by atoms with Gasteiger partial charge in [0.2, 0.25) is 5.91 Å². The molecule has 0 saturated heterocycles. The molecule has 124 valence electrons. The molecule has 6 heteroatoms. The lowest BCUT2D eigenvalue weighted by atomic mass is 9.85. The average molecular weight is 334 g/mol. The zero-order valence-corrected chi connectivity index (χ0v) is 14.4. The third-order valence-corrected chi connectivity index (χ3v) is 5.26. The van der Waals surface area contributed by atoms with Crippen LogP contribution in [0.25, 0.3) is 0 Å². The standard InChI is InChI=1S/C17H22N2O3S/c1-17(2,9-15(21)22)8-14(20)19-16-12(10-18)11-6-4-3-5-7-13(11)23-16/h3-9H2,1-2H3,(H,19,20)(H,21,22). The number of nitriles is 1. The Hall–Kier alpha value is -1.87. The fourth-order valence-electron chi connectivity index (χ4n) is 3.03. The first kappa shape index (κ1) is 17.5. The summed E-state index contributed by atoms with van der Waals surface area (Å²) in [5.74, 6) is -1.15. The first-order valence-corrected chi connectivity index (χ1v) is 8.70. The second-order valence-electron chi connectivity index (χ2n) is 6.84. The summed E-state index contributed by atoms with van der Waals surface area (Å²) in [6, 6.07) is 2.23. The maximum atomic E-state index is 12.3. The van der Waals surface area contributed by atoms with Crippen LogP contribution in [0.15, 0.2) is 0 Å². The van der Waals surface area contributed by atoms with Crippen LogP contribution in [0.2, 0.25) is 0 Å². The minimum Gasteiger partial charge on any atom is -0.481 e. The fourth-order valence-corrected chi connectivity index (χ4v) is 4.28. The van der Waals surface area contributed by atoms with Crippen LogP contribution in [0.1, 0.15) is 62.0 Å². The number of hydrogen-bond acceptors (Lipinski definition) is 4. The normalized spacial score (nSPS) is 14.5. The van der Waals surface area contributed by atoms with Gasteiger partial charge in [-0.15, -0.1) is 11.3 Å². The SMILES string of the molecule is CC(C)(CC(=O)O)CC(=O)Nc1sc2c(c1C#N)CCCCC2. The molecule has 23 heavy (non-hydrogen) atoms.